The maximum absolute atomic E-state index is 12.1. The number of piperidine rings is 1. The van der Waals surface area contributed by atoms with Gasteiger partial charge in [-0.3, -0.25) is 0 Å². The van der Waals surface area contributed by atoms with Crippen molar-refractivity contribution in [2.24, 2.45) is 0 Å². The molecule has 5 nitrogen and oxygen atoms in total. The van der Waals surface area contributed by atoms with Gasteiger partial charge in [0.25, 0.3) is 0 Å². The Morgan fingerprint density at radius 1 is 1.21 bits per heavy atom. The van der Waals surface area contributed by atoms with Crippen LogP contribution >= 0.6 is 0 Å². The molecule has 0 unspecified atom stereocenters. The van der Waals surface area contributed by atoms with Gasteiger partial charge in [0.1, 0.15) is 12.4 Å². The molecule has 0 aliphatic carbocycles. The van der Waals surface area contributed by atoms with Gasteiger partial charge in [0.15, 0.2) is 0 Å². The Labute approximate surface area is 114 Å². The molecule has 106 valence electrons. The molecule has 2 rings (SSSR count). The second-order valence-electron chi connectivity index (χ2n) is 4.70. The van der Waals surface area contributed by atoms with E-state index in [4.69, 9.17) is 10.5 Å². The predicted molar refractivity (Wildman–Crippen MR) is 75.6 cm³/mol. The molecule has 1 aliphatic heterocycles. The minimum Gasteiger partial charge on any atom is -0.492 e. The molecule has 1 aliphatic rings. The van der Waals surface area contributed by atoms with Crippen LogP contribution in [0.15, 0.2) is 24.3 Å². The number of hydrogen-bond acceptors (Lipinski definition) is 4. The Bertz CT molecular complexity index is 510. The van der Waals surface area contributed by atoms with Crippen molar-refractivity contribution in [3.63, 3.8) is 0 Å². The Balaban J connectivity index is 1.84. The number of nitrogens with two attached hydrogens (primary N) is 1. The summed E-state index contributed by atoms with van der Waals surface area (Å²) in [5.74, 6) is 0.621. The van der Waals surface area contributed by atoms with Crippen LogP contribution in [0.5, 0.6) is 5.75 Å². The van der Waals surface area contributed by atoms with Gasteiger partial charge in [0, 0.05) is 24.8 Å². The van der Waals surface area contributed by atoms with E-state index in [1.807, 2.05) is 0 Å². The van der Waals surface area contributed by atoms with Crippen molar-refractivity contribution in [2.45, 2.75) is 19.3 Å². The van der Waals surface area contributed by atoms with Gasteiger partial charge in [0.05, 0.1) is 5.75 Å². The van der Waals surface area contributed by atoms with Crippen molar-refractivity contribution in [1.29, 1.82) is 0 Å². The minimum atomic E-state index is -3.19. The summed E-state index contributed by atoms with van der Waals surface area (Å²) < 4.78 is 31.1. The van der Waals surface area contributed by atoms with Crippen molar-refractivity contribution in [2.75, 3.05) is 31.2 Å². The van der Waals surface area contributed by atoms with Crippen LogP contribution in [0.4, 0.5) is 5.69 Å². The fraction of sp³-hybridized carbons (Fsp3) is 0.538. The van der Waals surface area contributed by atoms with Crippen LogP contribution in [0, 0.1) is 0 Å². The van der Waals surface area contributed by atoms with Crippen LogP contribution in [-0.4, -0.2) is 38.2 Å². The summed E-state index contributed by atoms with van der Waals surface area (Å²) in [6, 6.07) is 7.00. The minimum absolute atomic E-state index is 0.0157. The summed E-state index contributed by atoms with van der Waals surface area (Å²) in [6.07, 6.45) is 3.02. The average molecular weight is 284 g/mol. The number of ether oxygens (including phenoxy) is 1. The second-order valence-corrected chi connectivity index (χ2v) is 6.79. The number of hydrogen-bond donors (Lipinski definition) is 1. The SMILES string of the molecule is Nc1cccc(OCCS(=O)(=O)N2CCCCC2)c1. The molecule has 1 heterocycles. The van der Waals surface area contributed by atoms with Crippen LogP contribution < -0.4 is 10.5 Å². The first-order valence-corrected chi connectivity index (χ1v) is 8.15. The third kappa shape index (κ3) is 4.11. The molecule has 19 heavy (non-hydrogen) atoms. The first-order valence-electron chi connectivity index (χ1n) is 6.54. The lowest BCUT2D eigenvalue weighted by Crippen LogP contribution is -2.38. The fourth-order valence-corrected chi connectivity index (χ4v) is 3.51. The first kappa shape index (κ1) is 14.1. The molecular formula is C13H20N2O3S. The predicted octanol–water partition coefficient (Wildman–Crippen LogP) is 1.46. The van der Waals surface area contributed by atoms with E-state index in [-0.39, 0.29) is 12.4 Å². The van der Waals surface area contributed by atoms with Gasteiger partial charge < -0.3 is 10.5 Å². The largest absolute Gasteiger partial charge is 0.492 e. The zero-order valence-electron chi connectivity index (χ0n) is 10.9. The maximum atomic E-state index is 12.1. The van der Waals surface area contributed by atoms with E-state index in [2.05, 4.69) is 0 Å². The molecule has 0 bridgehead atoms. The summed E-state index contributed by atoms with van der Waals surface area (Å²) in [5, 5.41) is 0. The molecule has 0 radical (unpaired) electrons. The van der Waals surface area contributed by atoms with Gasteiger partial charge in [-0.15, -0.1) is 0 Å². The van der Waals surface area contributed by atoms with Gasteiger partial charge in [-0.2, -0.15) is 0 Å². The van der Waals surface area contributed by atoms with Gasteiger partial charge >= 0.3 is 0 Å². The lowest BCUT2D eigenvalue weighted by molar-refractivity contribution is 0.322. The molecule has 1 aromatic carbocycles. The average Bonchev–Trinajstić information content (AvgIpc) is 2.40. The van der Waals surface area contributed by atoms with E-state index in [0.29, 0.717) is 24.5 Å². The highest BCUT2D eigenvalue weighted by molar-refractivity contribution is 7.89. The van der Waals surface area contributed by atoms with E-state index >= 15 is 0 Å². The number of rotatable bonds is 5. The highest BCUT2D eigenvalue weighted by atomic mass is 32.2. The van der Waals surface area contributed by atoms with Crippen molar-refractivity contribution in [3.05, 3.63) is 24.3 Å². The molecule has 1 saturated heterocycles. The molecular weight excluding hydrogens is 264 g/mol. The fourth-order valence-electron chi connectivity index (χ4n) is 2.14. The zero-order valence-corrected chi connectivity index (χ0v) is 11.7. The number of nitrogen functional groups attached to an aromatic ring is 1. The summed E-state index contributed by atoms with van der Waals surface area (Å²) in [4.78, 5) is 0. The summed E-state index contributed by atoms with van der Waals surface area (Å²) >= 11 is 0. The summed E-state index contributed by atoms with van der Waals surface area (Å²) in [6.45, 7) is 1.43. The Hall–Kier alpha value is -1.27. The van der Waals surface area contributed by atoms with Crippen LogP contribution in [0.1, 0.15) is 19.3 Å². The topological polar surface area (TPSA) is 72.6 Å². The quantitative estimate of drug-likeness (QED) is 0.831. The van der Waals surface area contributed by atoms with Gasteiger partial charge in [0.2, 0.25) is 10.0 Å². The molecule has 0 saturated carbocycles. The monoisotopic (exact) mass is 284 g/mol. The molecule has 0 aromatic heterocycles. The second kappa shape index (κ2) is 6.25. The van der Waals surface area contributed by atoms with E-state index in [1.54, 1.807) is 28.6 Å². The highest BCUT2D eigenvalue weighted by Crippen LogP contribution is 2.16. The number of sulfonamides is 1. The number of nitrogens with zero attached hydrogens (tertiary/aromatic N) is 1. The van der Waals surface area contributed by atoms with Gasteiger partial charge in [-0.1, -0.05) is 12.5 Å². The van der Waals surface area contributed by atoms with E-state index < -0.39 is 10.0 Å². The normalized spacial score (nSPS) is 17.3. The molecule has 0 spiro atoms. The maximum Gasteiger partial charge on any atom is 0.217 e. The molecule has 0 atom stereocenters. The van der Waals surface area contributed by atoms with E-state index in [9.17, 15) is 8.42 Å². The summed E-state index contributed by atoms with van der Waals surface area (Å²) in [5.41, 5.74) is 6.23. The Morgan fingerprint density at radius 3 is 2.63 bits per heavy atom. The van der Waals surface area contributed by atoms with Gasteiger partial charge in [-0.25, -0.2) is 12.7 Å². The third-order valence-corrected chi connectivity index (χ3v) is 5.01. The van der Waals surface area contributed by atoms with Crippen LogP contribution in [-0.2, 0) is 10.0 Å². The van der Waals surface area contributed by atoms with Crippen molar-refractivity contribution in [3.8, 4) is 5.75 Å². The summed E-state index contributed by atoms with van der Waals surface area (Å²) in [7, 11) is -3.19. The standard InChI is InChI=1S/C13H20N2O3S/c14-12-5-4-6-13(11-12)18-9-10-19(16,17)15-7-2-1-3-8-15/h4-6,11H,1-3,7-10,14H2. The molecule has 0 amide bonds. The van der Waals surface area contributed by atoms with Gasteiger partial charge in [-0.05, 0) is 25.0 Å². The Morgan fingerprint density at radius 2 is 1.95 bits per heavy atom. The number of benzene rings is 1. The lowest BCUT2D eigenvalue weighted by Gasteiger charge is -2.25. The molecule has 6 heteroatoms. The smallest absolute Gasteiger partial charge is 0.217 e. The third-order valence-electron chi connectivity index (χ3n) is 3.18. The first-order chi connectivity index (χ1) is 9.08. The zero-order chi connectivity index (χ0) is 13.7. The van der Waals surface area contributed by atoms with E-state index in [1.165, 1.54) is 0 Å². The number of anilines is 1. The van der Waals surface area contributed by atoms with E-state index in [0.717, 1.165) is 19.3 Å². The Kier molecular flexibility index (Phi) is 4.66. The van der Waals surface area contributed by atoms with Crippen LogP contribution in [0.3, 0.4) is 0 Å². The molecule has 2 N–H and O–H groups in total. The van der Waals surface area contributed by atoms with Crippen molar-refractivity contribution >= 4 is 15.7 Å². The van der Waals surface area contributed by atoms with Crippen LogP contribution in [0.2, 0.25) is 0 Å². The lowest BCUT2D eigenvalue weighted by atomic mass is 10.2. The van der Waals surface area contributed by atoms with Crippen molar-refractivity contribution < 1.29 is 13.2 Å². The highest BCUT2D eigenvalue weighted by Gasteiger charge is 2.23. The molecule has 1 aromatic rings. The van der Waals surface area contributed by atoms with Crippen LogP contribution in [0.25, 0.3) is 0 Å². The van der Waals surface area contributed by atoms with Crippen molar-refractivity contribution in [1.82, 2.24) is 4.31 Å². The molecule has 1 fully saturated rings.